The third kappa shape index (κ3) is 4.78. The minimum Gasteiger partial charge on any atom is -0.382 e. The number of halogens is 3. The van der Waals surface area contributed by atoms with E-state index in [4.69, 9.17) is 0 Å². The van der Waals surface area contributed by atoms with Gasteiger partial charge < -0.3 is 4.74 Å². The third-order valence-electron chi connectivity index (χ3n) is 2.05. The van der Waals surface area contributed by atoms with Crippen molar-refractivity contribution in [1.29, 1.82) is 0 Å². The normalized spacial score (nSPS) is 12.6. The van der Waals surface area contributed by atoms with Crippen LogP contribution in [0.25, 0.3) is 0 Å². The van der Waals surface area contributed by atoms with Crippen molar-refractivity contribution in [3.8, 4) is 0 Å². The number of benzene rings is 1. The SMILES string of the molecule is COCCONS(=O)(=O)c1ccc(C(F)(F)F)cc1. The van der Waals surface area contributed by atoms with Crippen molar-refractivity contribution in [3.05, 3.63) is 29.8 Å². The van der Waals surface area contributed by atoms with Crippen LogP contribution >= 0.6 is 0 Å². The van der Waals surface area contributed by atoms with Crippen LogP contribution in [0.2, 0.25) is 0 Å². The Morgan fingerprint density at radius 3 is 2.21 bits per heavy atom. The quantitative estimate of drug-likeness (QED) is 0.639. The lowest BCUT2D eigenvalue weighted by Gasteiger charge is -2.09. The van der Waals surface area contributed by atoms with Crippen LogP contribution in [-0.2, 0) is 25.8 Å². The van der Waals surface area contributed by atoms with Gasteiger partial charge in [0.25, 0.3) is 10.0 Å². The van der Waals surface area contributed by atoms with Crippen molar-refractivity contribution in [2.45, 2.75) is 11.1 Å². The summed E-state index contributed by atoms with van der Waals surface area (Å²) >= 11 is 0. The number of nitrogens with one attached hydrogen (secondary N) is 1. The summed E-state index contributed by atoms with van der Waals surface area (Å²) in [5, 5.41) is 0. The molecule has 1 aromatic rings. The van der Waals surface area contributed by atoms with Crippen molar-refractivity contribution < 1.29 is 31.2 Å². The van der Waals surface area contributed by atoms with Gasteiger partial charge in [0.15, 0.2) is 0 Å². The Bertz CT molecular complexity index is 499. The molecule has 0 amide bonds. The standard InChI is InChI=1S/C10H12F3NO4S/c1-17-6-7-18-14-19(15,16)9-4-2-8(3-5-9)10(11,12)13/h2-5,14H,6-7H2,1H3. The van der Waals surface area contributed by atoms with Gasteiger partial charge in [-0.15, -0.1) is 0 Å². The molecule has 0 aliphatic carbocycles. The molecule has 9 heteroatoms. The molecule has 19 heavy (non-hydrogen) atoms. The van der Waals surface area contributed by atoms with Gasteiger partial charge in [0.2, 0.25) is 0 Å². The van der Waals surface area contributed by atoms with E-state index in [1.165, 1.54) is 7.11 Å². The zero-order valence-electron chi connectivity index (χ0n) is 9.90. The fourth-order valence-corrected chi connectivity index (χ4v) is 1.94. The van der Waals surface area contributed by atoms with E-state index in [-0.39, 0.29) is 18.1 Å². The molecule has 0 saturated heterocycles. The zero-order chi connectivity index (χ0) is 14.5. The minimum atomic E-state index is -4.51. The van der Waals surface area contributed by atoms with Crippen LogP contribution in [0.5, 0.6) is 0 Å². The smallest absolute Gasteiger partial charge is 0.382 e. The van der Waals surface area contributed by atoms with Gasteiger partial charge in [-0.2, -0.15) is 13.2 Å². The van der Waals surface area contributed by atoms with Crippen LogP contribution in [0.1, 0.15) is 5.56 Å². The van der Waals surface area contributed by atoms with Gasteiger partial charge >= 0.3 is 6.18 Å². The Hall–Kier alpha value is -1.16. The second-order valence-corrected chi connectivity index (χ2v) is 5.10. The van der Waals surface area contributed by atoms with Gasteiger partial charge in [-0.1, -0.05) is 4.89 Å². The molecule has 0 bridgehead atoms. The zero-order valence-corrected chi connectivity index (χ0v) is 10.7. The first-order chi connectivity index (χ1) is 8.77. The molecule has 0 unspecified atom stereocenters. The fraction of sp³-hybridized carbons (Fsp3) is 0.400. The summed E-state index contributed by atoms with van der Waals surface area (Å²) in [6.07, 6.45) is -4.51. The largest absolute Gasteiger partial charge is 0.416 e. The summed E-state index contributed by atoms with van der Waals surface area (Å²) < 4.78 is 64.7. The molecule has 0 heterocycles. The Kier molecular flexibility index (Phi) is 5.29. The minimum absolute atomic E-state index is 0.0175. The first-order valence-corrected chi connectivity index (χ1v) is 6.55. The molecule has 1 aromatic carbocycles. The number of hydrogen-bond donors (Lipinski definition) is 1. The van der Waals surface area contributed by atoms with Gasteiger partial charge in [0.1, 0.15) is 0 Å². The maximum Gasteiger partial charge on any atom is 0.416 e. The summed E-state index contributed by atoms with van der Waals surface area (Å²) in [7, 11) is -2.59. The molecule has 0 aromatic heterocycles. The lowest BCUT2D eigenvalue weighted by Crippen LogP contribution is -2.25. The summed E-state index contributed by atoms with van der Waals surface area (Å²) in [5.41, 5.74) is -0.924. The number of sulfonamides is 1. The van der Waals surface area contributed by atoms with Crippen molar-refractivity contribution in [3.63, 3.8) is 0 Å². The summed E-state index contributed by atoms with van der Waals surface area (Å²) in [6, 6.07) is 3.07. The van der Waals surface area contributed by atoms with E-state index in [0.29, 0.717) is 12.1 Å². The van der Waals surface area contributed by atoms with E-state index in [1.54, 1.807) is 4.89 Å². The van der Waals surface area contributed by atoms with Crippen LogP contribution in [0.15, 0.2) is 29.2 Å². The maximum absolute atomic E-state index is 12.3. The molecule has 0 fully saturated rings. The fourth-order valence-electron chi connectivity index (χ4n) is 1.12. The molecular weight excluding hydrogens is 287 g/mol. The lowest BCUT2D eigenvalue weighted by molar-refractivity contribution is -0.137. The van der Waals surface area contributed by atoms with Crippen LogP contribution in [-0.4, -0.2) is 28.7 Å². The number of alkyl halides is 3. The van der Waals surface area contributed by atoms with Crippen molar-refractivity contribution in [2.24, 2.45) is 0 Å². The highest BCUT2D eigenvalue weighted by molar-refractivity contribution is 7.89. The second-order valence-electron chi connectivity index (χ2n) is 3.45. The molecule has 0 aliphatic rings. The first-order valence-electron chi connectivity index (χ1n) is 5.07. The third-order valence-corrected chi connectivity index (χ3v) is 3.28. The van der Waals surface area contributed by atoms with Crippen molar-refractivity contribution >= 4 is 10.0 Å². The van der Waals surface area contributed by atoms with Crippen LogP contribution in [0, 0.1) is 0 Å². The Labute approximate surface area is 108 Å². The molecular formula is C10H12F3NO4S. The predicted octanol–water partition coefficient (Wildman–Crippen LogP) is 1.56. The Morgan fingerprint density at radius 1 is 1.16 bits per heavy atom. The molecule has 0 spiro atoms. The second kappa shape index (κ2) is 6.33. The van der Waals surface area contributed by atoms with Crippen LogP contribution < -0.4 is 4.89 Å². The first kappa shape index (κ1) is 15.9. The average Bonchev–Trinajstić information content (AvgIpc) is 2.34. The highest BCUT2D eigenvalue weighted by atomic mass is 32.2. The van der Waals surface area contributed by atoms with Gasteiger partial charge in [-0.05, 0) is 24.3 Å². The predicted molar refractivity (Wildman–Crippen MR) is 59.6 cm³/mol. The molecule has 5 nitrogen and oxygen atoms in total. The topological polar surface area (TPSA) is 64.6 Å². The van der Waals surface area contributed by atoms with E-state index in [2.05, 4.69) is 9.57 Å². The number of rotatable bonds is 6. The van der Waals surface area contributed by atoms with Gasteiger partial charge in [-0.3, -0.25) is 4.84 Å². The van der Waals surface area contributed by atoms with E-state index >= 15 is 0 Å². The molecule has 1 rings (SSSR count). The molecule has 0 atom stereocenters. The molecule has 0 saturated carbocycles. The number of hydrogen-bond acceptors (Lipinski definition) is 4. The van der Waals surface area contributed by atoms with Gasteiger partial charge in [0, 0.05) is 7.11 Å². The van der Waals surface area contributed by atoms with Crippen molar-refractivity contribution in [2.75, 3.05) is 20.3 Å². The van der Waals surface area contributed by atoms with E-state index in [9.17, 15) is 21.6 Å². The van der Waals surface area contributed by atoms with E-state index < -0.39 is 21.8 Å². The van der Waals surface area contributed by atoms with Crippen molar-refractivity contribution in [1.82, 2.24) is 4.89 Å². The molecule has 108 valence electrons. The number of ether oxygens (including phenoxy) is 1. The van der Waals surface area contributed by atoms with Gasteiger partial charge in [0.05, 0.1) is 23.7 Å². The average molecular weight is 299 g/mol. The number of methoxy groups -OCH3 is 1. The molecule has 0 radical (unpaired) electrons. The Morgan fingerprint density at radius 2 is 1.74 bits per heavy atom. The highest BCUT2D eigenvalue weighted by Gasteiger charge is 2.30. The monoisotopic (exact) mass is 299 g/mol. The van der Waals surface area contributed by atoms with Crippen LogP contribution in [0.4, 0.5) is 13.2 Å². The highest BCUT2D eigenvalue weighted by Crippen LogP contribution is 2.29. The maximum atomic E-state index is 12.3. The summed E-state index contributed by atoms with van der Waals surface area (Å²) in [6.45, 7) is 0.159. The van der Waals surface area contributed by atoms with E-state index in [0.717, 1.165) is 12.1 Å². The summed E-state index contributed by atoms with van der Waals surface area (Å²) in [4.78, 5) is 6.06. The lowest BCUT2D eigenvalue weighted by atomic mass is 10.2. The van der Waals surface area contributed by atoms with Gasteiger partial charge in [-0.25, -0.2) is 8.42 Å². The summed E-state index contributed by atoms with van der Waals surface area (Å²) in [5.74, 6) is 0. The van der Waals surface area contributed by atoms with Crippen LogP contribution in [0.3, 0.4) is 0 Å². The van der Waals surface area contributed by atoms with E-state index in [1.807, 2.05) is 0 Å². The molecule has 1 N–H and O–H groups in total. The Balaban J connectivity index is 2.74. The molecule has 0 aliphatic heterocycles.